The van der Waals surface area contributed by atoms with Gasteiger partial charge in [0.25, 0.3) is 0 Å². The van der Waals surface area contributed by atoms with Gasteiger partial charge in [0.1, 0.15) is 5.82 Å². The van der Waals surface area contributed by atoms with Crippen LogP contribution in [-0.4, -0.2) is 29.7 Å². The quantitative estimate of drug-likeness (QED) is 0.907. The highest BCUT2D eigenvalue weighted by atomic mass is 35.5. The maximum atomic E-state index is 6.00. The number of benzene rings is 1. The average molecular weight is 278 g/mol. The Morgan fingerprint density at radius 3 is 3.05 bits per heavy atom. The molecule has 1 aliphatic heterocycles. The van der Waals surface area contributed by atoms with Gasteiger partial charge in [-0.3, -0.25) is 0 Å². The molecule has 0 aliphatic carbocycles. The van der Waals surface area contributed by atoms with E-state index in [0.717, 1.165) is 35.1 Å². The topological polar surface area (TPSA) is 49.9 Å². The molecule has 0 radical (unpaired) electrons. The van der Waals surface area contributed by atoms with E-state index in [1.807, 2.05) is 30.5 Å². The Labute approximate surface area is 117 Å². The summed E-state index contributed by atoms with van der Waals surface area (Å²) in [5.41, 5.74) is 2.03. The summed E-state index contributed by atoms with van der Waals surface area (Å²) in [6.07, 6.45) is 3.06. The molecule has 3 rings (SSSR count). The first-order valence-electron chi connectivity index (χ1n) is 6.33. The van der Waals surface area contributed by atoms with Gasteiger partial charge in [0.05, 0.1) is 24.0 Å². The number of ether oxygens (including phenoxy) is 1. The summed E-state index contributed by atoms with van der Waals surface area (Å²) >= 11 is 6.00. The van der Waals surface area contributed by atoms with Crippen LogP contribution in [0.5, 0.6) is 0 Å². The summed E-state index contributed by atoms with van der Waals surface area (Å²) in [6, 6.07) is 7.98. The summed E-state index contributed by atoms with van der Waals surface area (Å²) in [5.74, 6) is 0.953. The highest BCUT2D eigenvalue weighted by molar-refractivity contribution is 6.30. The second-order valence-electron chi connectivity index (χ2n) is 4.75. The standard InChI is InChI=1S/C14H16ClN3O/c1-19-11-6-12(16-7-11)14-17-8-13(18-14)9-3-2-4-10(15)5-9/h2-5,8,11-12,16H,6-7H2,1H3,(H,17,18). The molecule has 2 atom stereocenters. The molecule has 100 valence electrons. The third kappa shape index (κ3) is 2.66. The van der Waals surface area contributed by atoms with Crippen LogP contribution in [0.15, 0.2) is 30.5 Å². The van der Waals surface area contributed by atoms with Crippen LogP contribution in [0.4, 0.5) is 0 Å². The molecule has 0 saturated carbocycles. The van der Waals surface area contributed by atoms with Crippen LogP contribution in [0, 0.1) is 0 Å². The molecule has 19 heavy (non-hydrogen) atoms. The molecule has 4 nitrogen and oxygen atoms in total. The maximum Gasteiger partial charge on any atom is 0.123 e. The minimum absolute atomic E-state index is 0.234. The molecule has 5 heteroatoms. The monoisotopic (exact) mass is 277 g/mol. The summed E-state index contributed by atoms with van der Waals surface area (Å²) in [6.45, 7) is 0.869. The van der Waals surface area contributed by atoms with Crippen LogP contribution in [0.25, 0.3) is 11.3 Å². The molecule has 0 spiro atoms. The Morgan fingerprint density at radius 2 is 2.32 bits per heavy atom. The number of aromatic nitrogens is 2. The number of nitrogens with one attached hydrogen (secondary N) is 2. The van der Waals surface area contributed by atoms with Crippen LogP contribution in [0.1, 0.15) is 18.3 Å². The van der Waals surface area contributed by atoms with Crippen molar-refractivity contribution in [1.29, 1.82) is 0 Å². The number of imidazole rings is 1. The number of hydrogen-bond acceptors (Lipinski definition) is 3. The van der Waals surface area contributed by atoms with Crippen molar-refractivity contribution >= 4 is 11.6 Å². The lowest BCUT2D eigenvalue weighted by Crippen LogP contribution is -2.16. The molecule has 1 fully saturated rings. The molecule has 1 aromatic heterocycles. The van der Waals surface area contributed by atoms with E-state index in [4.69, 9.17) is 16.3 Å². The molecular weight excluding hydrogens is 262 g/mol. The number of hydrogen-bond donors (Lipinski definition) is 2. The molecule has 2 aromatic rings. The van der Waals surface area contributed by atoms with Gasteiger partial charge in [-0.25, -0.2) is 4.98 Å². The summed E-state index contributed by atoms with van der Waals surface area (Å²) < 4.78 is 5.35. The molecule has 1 aliphatic rings. The Hall–Kier alpha value is -1.36. The van der Waals surface area contributed by atoms with Gasteiger partial charge < -0.3 is 15.0 Å². The number of nitrogens with zero attached hydrogens (tertiary/aromatic N) is 1. The molecule has 2 N–H and O–H groups in total. The van der Waals surface area contributed by atoms with Gasteiger partial charge in [-0.15, -0.1) is 0 Å². The smallest absolute Gasteiger partial charge is 0.123 e. The van der Waals surface area contributed by atoms with Gasteiger partial charge in [-0.1, -0.05) is 23.7 Å². The van der Waals surface area contributed by atoms with E-state index in [9.17, 15) is 0 Å². The second kappa shape index (κ2) is 5.33. The van der Waals surface area contributed by atoms with Crippen LogP contribution >= 0.6 is 11.6 Å². The van der Waals surface area contributed by atoms with Gasteiger partial charge in [-0.05, 0) is 18.6 Å². The third-order valence-corrected chi connectivity index (χ3v) is 3.72. The number of aromatic amines is 1. The predicted octanol–water partition coefficient (Wildman–Crippen LogP) is 2.78. The normalized spacial score (nSPS) is 22.8. The summed E-state index contributed by atoms with van der Waals surface area (Å²) in [4.78, 5) is 7.81. The predicted molar refractivity (Wildman–Crippen MR) is 75.2 cm³/mol. The van der Waals surface area contributed by atoms with E-state index >= 15 is 0 Å². The zero-order valence-corrected chi connectivity index (χ0v) is 11.4. The van der Waals surface area contributed by atoms with Gasteiger partial charge >= 0.3 is 0 Å². The first-order valence-corrected chi connectivity index (χ1v) is 6.71. The van der Waals surface area contributed by atoms with Crippen molar-refractivity contribution in [2.75, 3.05) is 13.7 Å². The van der Waals surface area contributed by atoms with Crippen molar-refractivity contribution in [3.63, 3.8) is 0 Å². The van der Waals surface area contributed by atoms with Gasteiger partial charge in [-0.2, -0.15) is 0 Å². The number of rotatable bonds is 3. The summed E-state index contributed by atoms with van der Waals surface area (Å²) in [7, 11) is 1.74. The van der Waals surface area contributed by atoms with Crippen molar-refractivity contribution in [3.05, 3.63) is 41.3 Å². The Morgan fingerprint density at radius 1 is 1.42 bits per heavy atom. The maximum absolute atomic E-state index is 6.00. The molecule has 2 heterocycles. The molecule has 0 amide bonds. The van der Waals surface area contributed by atoms with Crippen molar-refractivity contribution in [2.24, 2.45) is 0 Å². The van der Waals surface area contributed by atoms with Crippen LogP contribution < -0.4 is 5.32 Å². The van der Waals surface area contributed by atoms with Crippen molar-refractivity contribution in [2.45, 2.75) is 18.6 Å². The lowest BCUT2D eigenvalue weighted by molar-refractivity contribution is 0.117. The lowest BCUT2D eigenvalue weighted by Gasteiger charge is -2.06. The van der Waals surface area contributed by atoms with Gasteiger partial charge in [0.15, 0.2) is 0 Å². The molecule has 2 unspecified atom stereocenters. The van der Waals surface area contributed by atoms with E-state index in [1.54, 1.807) is 7.11 Å². The van der Waals surface area contributed by atoms with Crippen LogP contribution in [-0.2, 0) is 4.74 Å². The Kier molecular flexibility index (Phi) is 3.55. The number of halogens is 1. The fourth-order valence-corrected chi connectivity index (χ4v) is 2.60. The first kappa shape index (κ1) is 12.7. The Balaban J connectivity index is 1.80. The molecular formula is C14H16ClN3O. The minimum atomic E-state index is 0.234. The number of H-pyrrole nitrogens is 1. The molecule has 0 bridgehead atoms. The van der Waals surface area contributed by atoms with Crippen molar-refractivity contribution < 1.29 is 4.74 Å². The van der Waals surface area contributed by atoms with E-state index in [0.29, 0.717) is 0 Å². The van der Waals surface area contributed by atoms with Crippen LogP contribution in [0.3, 0.4) is 0 Å². The third-order valence-electron chi connectivity index (χ3n) is 3.49. The van der Waals surface area contributed by atoms with E-state index < -0.39 is 0 Å². The van der Waals surface area contributed by atoms with Crippen LogP contribution in [0.2, 0.25) is 5.02 Å². The van der Waals surface area contributed by atoms with Crippen molar-refractivity contribution in [1.82, 2.24) is 15.3 Å². The van der Waals surface area contributed by atoms with Crippen molar-refractivity contribution in [3.8, 4) is 11.3 Å². The summed E-state index contributed by atoms with van der Waals surface area (Å²) in [5, 5.41) is 4.13. The highest BCUT2D eigenvalue weighted by Crippen LogP contribution is 2.26. The van der Waals surface area contributed by atoms with Gasteiger partial charge in [0.2, 0.25) is 0 Å². The fraction of sp³-hybridized carbons (Fsp3) is 0.357. The minimum Gasteiger partial charge on any atom is -0.380 e. The fourth-order valence-electron chi connectivity index (χ4n) is 2.41. The average Bonchev–Trinajstić information content (AvgIpc) is 3.07. The highest BCUT2D eigenvalue weighted by Gasteiger charge is 2.27. The molecule has 1 aromatic carbocycles. The Bertz CT molecular complexity index is 569. The zero-order chi connectivity index (χ0) is 13.2. The zero-order valence-electron chi connectivity index (χ0n) is 10.7. The van der Waals surface area contributed by atoms with E-state index in [2.05, 4.69) is 15.3 Å². The lowest BCUT2D eigenvalue weighted by atomic mass is 10.2. The SMILES string of the molecule is COC1CNC(c2ncc(-c3cccc(Cl)c3)[nH]2)C1. The molecule has 1 saturated heterocycles. The van der Waals surface area contributed by atoms with E-state index in [-0.39, 0.29) is 12.1 Å². The second-order valence-corrected chi connectivity index (χ2v) is 5.18. The number of methoxy groups -OCH3 is 1. The largest absolute Gasteiger partial charge is 0.380 e. The first-order chi connectivity index (χ1) is 9.26. The van der Waals surface area contributed by atoms with E-state index in [1.165, 1.54) is 0 Å². The van der Waals surface area contributed by atoms with Gasteiger partial charge in [0, 0.05) is 24.2 Å².